The number of hydrogen-bond donors (Lipinski definition) is 2. The molecule has 1 aromatic carbocycles. The van der Waals surface area contributed by atoms with Gasteiger partial charge in [0.25, 0.3) is 0 Å². The van der Waals surface area contributed by atoms with Crippen LogP contribution in [0, 0.1) is 0 Å². The van der Waals surface area contributed by atoms with Gasteiger partial charge in [0.2, 0.25) is 0 Å². The number of fused-ring (bicyclic) bond motifs is 1. The molecular formula is C14H21NO. The van der Waals surface area contributed by atoms with Gasteiger partial charge < -0.3 is 10.4 Å². The maximum Gasteiger partial charge on any atom is 0.0594 e. The van der Waals surface area contributed by atoms with Crippen molar-refractivity contribution < 1.29 is 5.11 Å². The first kappa shape index (κ1) is 11.6. The number of aryl methyl sites for hydroxylation is 1. The zero-order valence-corrected chi connectivity index (χ0v) is 10.2. The highest BCUT2D eigenvalue weighted by Gasteiger charge is 2.13. The minimum Gasteiger partial charge on any atom is -0.390 e. The quantitative estimate of drug-likeness (QED) is 0.815. The summed E-state index contributed by atoms with van der Waals surface area (Å²) >= 11 is 0. The molecule has 1 aliphatic heterocycles. The maximum absolute atomic E-state index is 9.71. The molecule has 0 spiro atoms. The van der Waals surface area contributed by atoms with E-state index in [9.17, 15) is 5.11 Å². The van der Waals surface area contributed by atoms with E-state index in [4.69, 9.17) is 0 Å². The fourth-order valence-corrected chi connectivity index (χ4v) is 2.14. The molecular weight excluding hydrogens is 198 g/mol. The monoisotopic (exact) mass is 219 g/mol. The van der Waals surface area contributed by atoms with E-state index in [1.54, 1.807) is 0 Å². The van der Waals surface area contributed by atoms with Crippen LogP contribution in [0.5, 0.6) is 0 Å². The molecule has 1 aliphatic rings. The molecule has 0 aliphatic carbocycles. The lowest BCUT2D eigenvalue weighted by Crippen LogP contribution is -2.24. The van der Waals surface area contributed by atoms with Gasteiger partial charge >= 0.3 is 0 Å². The first-order valence-electron chi connectivity index (χ1n) is 6.08. The summed E-state index contributed by atoms with van der Waals surface area (Å²) in [6.07, 6.45) is 2.91. The predicted molar refractivity (Wildman–Crippen MR) is 66.5 cm³/mol. The summed E-state index contributed by atoms with van der Waals surface area (Å²) in [5.74, 6) is 0. The Bertz CT molecular complexity index is 365. The van der Waals surface area contributed by atoms with E-state index in [1.807, 2.05) is 13.8 Å². The lowest BCUT2D eigenvalue weighted by atomic mass is 9.94. The molecule has 2 nitrogen and oxygen atoms in total. The Morgan fingerprint density at radius 2 is 2.12 bits per heavy atom. The lowest BCUT2D eigenvalue weighted by Gasteiger charge is -2.20. The van der Waals surface area contributed by atoms with Crippen LogP contribution >= 0.6 is 0 Å². The van der Waals surface area contributed by atoms with Crippen LogP contribution in [-0.4, -0.2) is 17.3 Å². The van der Waals surface area contributed by atoms with Crippen molar-refractivity contribution in [2.45, 2.75) is 45.3 Å². The van der Waals surface area contributed by atoms with Gasteiger partial charge in [-0.1, -0.05) is 18.2 Å². The fraction of sp³-hybridized carbons (Fsp3) is 0.571. The molecule has 2 rings (SSSR count). The van der Waals surface area contributed by atoms with Gasteiger partial charge in [-0.15, -0.1) is 0 Å². The highest BCUT2D eigenvalue weighted by Crippen LogP contribution is 2.19. The van der Waals surface area contributed by atoms with Crippen molar-refractivity contribution in [1.29, 1.82) is 0 Å². The van der Waals surface area contributed by atoms with E-state index in [-0.39, 0.29) is 0 Å². The summed E-state index contributed by atoms with van der Waals surface area (Å²) in [6, 6.07) is 6.74. The van der Waals surface area contributed by atoms with E-state index in [1.165, 1.54) is 16.7 Å². The Balaban J connectivity index is 2.06. The van der Waals surface area contributed by atoms with Gasteiger partial charge in [0.1, 0.15) is 0 Å². The van der Waals surface area contributed by atoms with Gasteiger partial charge in [0.05, 0.1) is 5.60 Å². The Kier molecular flexibility index (Phi) is 3.31. The second-order valence-corrected chi connectivity index (χ2v) is 5.34. The highest BCUT2D eigenvalue weighted by atomic mass is 16.3. The molecule has 16 heavy (non-hydrogen) atoms. The van der Waals surface area contributed by atoms with Crippen molar-refractivity contribution in [3.63, 3.8) is 0 Å². The van der Waals surface area contributed by atoms with Crippen LogP contribution in [0.1, 0.15) is 37.0 Å². The molecule has 0 saturated heterocycles. The predicted octanol–water partition coefficient (Wildman–Crippen LogP) is 2.04. The van der Waals surface area contributed by atoms with Crippen LogP contribution in [-0.2, 0) is 19.4 Å². The van der Waals surface area contributed by atoms with Crippen LogP contribution in [0.25, 0.3) is 0 Å². The average molecular weight is 219 g/mol. The molecule has 0 amide bonds. The third-order valence-corrected chi connectivity index (χ3v) is 3.18. The lowest BCUT2D eigenvalue weighted by molar-refractivity contribution is 0.0714. The number of rotatable bonds is 3. The summed E-state index contributed by atoms with van der Waals surface area (Å²) in [7, 11) is 0. The zero-order valence-electron chi connectivity index (χ0n) is 10.2. The van der Waals surface area contributed by atoms with Gasteiger partial charge in [-0.05, 0) is 56.3 Å². The van der Waals surface area contributed by atoms with Crippen molar-refractivity contribution >= 4 is 0 Å². The van der Waals surface area contributed by atoms with Crippen LogP contribution < -0.4 is 5.32 Å². The van der Waals surface area contributed by atoms with Crippen LogP contribution in [0.4, 0.5) is 0 Å². The van der Waals surface area contributed by atoms with Crippen molar-refractivity contribution in [1.82, 2.24) is 5.32 Å². The third-order valence-electron chi connectivity index (χ3n) is 3.18. The van der Waals surface area contributed by atoms with E-state index in [2.05, 4.69) is 23.5 Å². The smallest absolute Gasteiger partial charge is 0.0594 e. The molecule has 2 heteroatoms. The maximum atomic E-state index is 9.71. The standard InChI is InChI=1S/C14H21NO/c1-14(2,16)7-5-11-3-4-12-6-8-15-10-13(12)9-11/h3-4,9,15-16H,5-8,10H2,1-2H3. The van der Waals surface area contributed by atoms with Gasteiger partial charge in [-0.2, -0.15) is 0 Å². The SMILES string of the molecule is CC(C)(O)CCc1ccc2c(c1)CNCC2. The van der Waals surface area contributed by atoms with Crippen molar-refractivity contribution in [2.24, 2.45) is 0 Å². The molecule has 0 fully saturated rings. The molecule has 2 N–H and O–H groups in total. The van der Waals surface area contributed by atoms with Crippen molar-refractivity contribution in [3.05, 3.63) is 34.9 Å². The summed E-state index contributed by atoms with van der Waals surface area (Å²) in [5.41, 5.74) is 3.68. The number of hydrogen-bond acceptors (Lipinski definition) is 2. The topological polar surface area (TPSA) is 32.3 Å². The summed E-state index contributed by atoms with van der Waals surface area (Å²) in [4.78, 5) is 0. The molecule has 1 heterocycles. The Morgan fingerprint density at radius 1 is 1.31 bits per heavy atom. The second kappa shape index (κ2) is 4.56. The molecule has 0 radical (unpaired) electrons. The van der Waals surface area contributed by atoms with Gasteiger partial charge in [0.15, 0.2) is 0 Å². The summed E-state index contributed by atoms with van der Waals surface area (Å²) < 4.78 is 0. The minimum atomic E-state index is -0.561. The Morgan fingerprint density at radius 3 is 2.88 bits per heavy atom. The third kappa shape index (κ3) is 3.06. The summed E-state index contributed by atoms with van der Waals surface area (Å²) in [5, 5.41) is 13.1. The van der Waals surface area contributed by atoms with Crippen LogP contribution in [0.2, 0.25) is 0 Å². The van der Waals surface area contributed by atoms with Crippen molar-refractivity contribution in [2.75, 3.05) is 6.54 Å². The molecule has 0 aromatic heterocycles. The first-order chi connectivity index (χ1) is 7.54. The van der Waals surface area contributed by atoms with E-state index in [0.717, 1.165) is 32.4 Å². The summed E-state index contributed by atoms with van der Waals surface area (Å²) in [6.45, 7) is 5.82. The van der Waals surface area contributed by atoms with E-state index in [0.29, 0.717) is 0 Å². The van der Waals surface area contributed by atoms with Gasteiger partial charge in [-0.25, -0.2) is 0 Å². The normalized spacial score (nSPS) is 15.9. The van der Waals surface area contributed by atoms with E-state index >= 15 is 0 Å². The largest absolute Gasteiger partial charge is 0.390 e. The molecule has 0 saturated carbocycles. The molecule has 88 valence electrons. The first-order valence-corrected chi connectivity index (χ1v) is 6.08. The highest BCUT2D eigenvalue weighted by molar-refractivity contribution is 5.33. The second-order valence-electron chi connectivity index (χ2n) is 5.34. The number of benzene rings is 1. The van der Waals surface area contributed by atoms with Crippen LogP contribution in [0.3, 0.4) is 0 Å². The van der Waals surface area contributed by atoms with Crippen molar-refractivity contribution in [3.8, 4) is 0 Å². The van der Waals surface area contributed by atoms with Gasteiger partial charge in [-0.3, -0.25) is 0 Å². The molecule has 0 atom stereocenters. The fourth-order valence-electron chi connectivity index (χ4n) is 2.14. The molecule has 0 unspecified atom stereocenters. The molecule has 0 bridgehead atoms. The Hall–Kier alpha value is -0.860. The molecule has 1 aromatic rings. The Labute approximate surface area is 97.7 Å². The minimum absolute atomic E-state index is 0.561. The zero-order chi connectivity index (χ0) is 11.6. The number of aliphatic hydroxyl groups is 1. The van der Waals surface area contributed by atoms with Crippen LogP contribution in [0.15, 0.2) is 18.2 Å². The average Bonchev–Trinajstić information content (AvgIpc) is 2.25. The van der Waals surface area contributed by atoms with E-state index < -0.39 is 5.60 Å². The van der Waals surface area contributed by atoms with Gasteiger partial charge in [0, 0.05) is 6.54 Å². The number of nitrogens with one attached hydrogen (secondary N) is 1.